The number of likely N-dealkylation sites (N-methyl/N-ethyl adjacent to an activating group) is 1. The second-order valence-corrected chi connectivity index (χ2v) is 6.68. The molecule has 0 aromatic heterocycles. The fourth-order valence-corrected chi connectivity index (χ4v) is 3.91. The van der Waals surface area contributed by atoms with Gasteiger partial charge in [-0.05, 0) is 44.7 Å². The molecule has 0 saturated carbocycles. The van der Waals surface area contributed by atoms with Crippen molar-refractivity contribution in [1.29, 1.82) is 0 Å². The molecule has 0 spiro atoms. The molecule has 1 aliphatic carbocycles. The van der Waals surface area contributed by atoms with Crippen LogP contribution in [0.25, 0.3) is 0 Å². The van der Waals surface area contributed by atoms with Crippen LogP contribution in [-0.4, -0.2) is 54.5 Å². The molecule has 2 aliphatic rings. The second kappa shape index (κ2) is 7.30. The summed E-state index contributed by atoms with van der Waals surface area (Å²) in [5, 5.41) is 0. The summed E-state index contributed by atoms with van der Waals surface area (Å²) in [7, 11) is 0. The first-order chi connectivity index (χ1) is 10.0. The Bertz CT molecular complexity index is 398. The first kappa shape index (κ1) is 16.3. The molecule has 120 valence electrons. The Kier molecular flexibility index (Phi) is 5.68. The van der Waals surface area contributed by atoms with Crippen LogP contribution < -0.4 is 5.73 Å². The van der Waals surface area contributed by atoms with Crippen LogP contribution in [0, 0.1) is 11.8 Å². The largest absolute Gasteiger partial charge is 0.370 e. The third-order valence-corrected chi connectivity index (χ3v) is 5.06. The number of allylic oxidation sites excluding steroid dienone is 2. The number of hydrogen-bond acceptors (Lipinski definition) is 4. The van der Waals surface area contributed by atoms with Crippen LogP contribution in [-0.2, 0) is 0 Å². The third kappa shape index (κ3) is 4.00. The zero-order valence-corrected chi connectivity index (χ0v) is 14.2. The standard InChI is InChI=1S/C17H32N4/c1-5-20(6-2)7-8-21-16(12-19-17(21)18)15-10-13(3)9-14(4)11-15/h9,13,15-16H,5-8,10-12H2,1-4H3,(H2,18,19). The van der Waals surface area contributed by atoms with Crippen LogP contribution in [0.15, 0.2) is 16.6 Å². The number of aliphatic imine (C=N–C) groups is 1. The van der Waals surface area contributed by atoms with Crippen LogP contribution >= 0.6 is 0 Å². The minimum atomic E-state index is 0.506. The van der Waals surface area contributed by atoms with Gasteiger partial charge >= 0.3 is 0 Å². The van der Waals surface area contributed by atoms with E-state index in [1.165, 1.54) is 18.4 Å². The second-order valence-electron chi connectivity index (χ2n) is 6.68. The topological polar surface area (TPSA) is 44.9 Å². The lowest BCUT2D eigenvalue weighted by molar-refractivity contribution is 0.192. The molecule has 1 heterocycles. The molecule has 2 N–H and O–H groups in total. The summed E-state index contributed by atoms with van der Waals surface area (Å²) in [4.78, 5) is 9.36. The Labute approximate surface area is 130 Å². The van der Waals surface area contributed by atoms with Crippen molar-refractivity contribution < 1.29 is 0 Å². The highest BCUT2D eigenvalue weighted by Crippen LogP contribution is 2.33. The van der Waals surface area contributed by atoms with Gasteiger partial charge in [-0.25, -0.2) is 0 Å². The van der Waals surface area contributed by atoms with Gasteiger partial charge in [-0.15, -0.1) is 0 Å². The zero-order chi connectivity index (χ0) is 15.4. The molecule has 4 heteroatoms. The van der Waals surface area contributed by atoms with E-state index in [1.807, 2.05) is 0 Å². The summed E-state index contributed by atoms with van der Waals surface area (Å²) in [6.07, 6.45) is 4.90. The van der Waals surface area contributed by atoms with Gasteiger partial charge in [-0.2, -0.15) is 0 Å². The van der Waals surface area contributed by atoms with Crippen LogP contribution in [0.2, 0.25) is 0 Å². The Morgan fingerprint density at radius 2 is 2.10 bits per heavy atom. The number of nitrogens with two attached hydrogens (primary N) is 1. The van der Waals surface area contributed by atoms with E-state index in [9.17, 15) is 0 Å². The highest BCUT2D eigenvalue weighted by Gasteiger charge is 2.34. The number of rotatable bonds is 6. The van der Waals surface area contributed by atoms with Gasteiger partial charge in [0.2, 0.25) is 0 Å². The highest BCUT2D eigenvalue weighted by molar-refractivity contribution is 5.80. The average molecular weight is 292 g/mol. The quantitative estimate of drug-likeness (QED) is 0.764. The van der Waals surface area contributed by atoms with Gasteiger partial charge in [0.1, 0.15) is 0 Å². The van der Waals surface area contributed by atoms with E-state index >= 15 is 0 Å². The highest BCUT2D eigenvalue weighted by atomic mass is 15.3. The molecule has 0 bridgehead atoms. The number of nitrogens with zero attached hydrogens (tertiary/aromatic N) is 3. The van der Waals surface area contributed by atoms with Crippen molar-refractivity contribution in [3.8, 4) is 0 Å². The van der Waals surface area contributed by atoms with E-state index in [0.29, 0.717) is 17.9 Å². The number of guanidine groups is 1. The van der Waals surface area contributed by atoms with Gasteiger partial charge in [0.15, 0.2) is 5.96 Å². The monoisotopic (exact) mass is 292 g/mol. The molecule has 0 radical (unpaired) electrons. The summed E-state index contributed by atoms with van der Waals surface area (Å²) in [5.41, 5.74) is 7.69. The maximum Gasteiger partial charge on any atom is 0.191 e. The maximum absolute atomic E-state index is 6.16. The van der Waals surface area contributed by atoms with Crippen molar-refractivity contribution in [2.45, 2.75) is 46.6 Å². The average Bonchev–Trinajstić information content (AvgIpc) is 2.80. The van der Waals surface area contributed by atoms with E-state index in [0.717, 1.165) is 38.7 Å². The minimum absolute atomic E-state index is 0.506. The van der Waals surface area contributed by atoms with E-state index < -0.39 is 0 Å². The third-order valence-electron chi connectivity index (χ3n) is 5.06. The minimum Gasteiger partial charge on any atom is -0.370 e. The van der Waals surface area contributed by atoms with Gasteiger partial charge < -0.3 is 15.5 Å². The van der Waals surface area contributed by atoms with Gasteiger partial charge in [0, 0.05) is 13.1 Å². The van der Waals surface area contributed by atoms with Gasteiger partial charge in [0.05, 0.1) is 12.6 Å². The van der Waals surface area contributed by atoms with Gasteiger partial charge in [0.25, 0.3) is 0 Å². The Hall–Kier alpha value is -1.03. The number of hydrogen-bond donors (Lipinski definition) is 1. The molecule has 0 amide bonds. The van der Waals surface area contributed by atoms with Crippen molar-refractivity contribution in [1.82, 2.24) is 9.80 Å². The molecule has 0 aromatic carbocycles. The first-order valence-corrected chi connectivity index (χ1v) is 8.51. The van der Waals surface area contributed by atoms with Crippen LogP contribution in [0.4, 0.5) is 0 Å². The zero-order valence-electron chi connectivity index (χ0n) is 14.2. The Morgan fingerprint density at radius 1 is 1.38 bits per heavy atom. The molecule has 0 fully saturated rings. The molecule has 1 aliphatic heterocycles. The van der Waals surface area contributed by atoms with Crippen molar-refractivity contribution in [3.63, 3.8) is 0 Å². The predicted octanol–water partition coefficient (Wildman–Crippen LogP) is 2.32. The fourth-order valence-electron chi connectivity index (χ4n) is 3.91. The molecule has 0 saturated heterocycles. The van der Waals surface area contributed by atoms with Crippen LogP contribution in [0.3, 0.4) is 0 Å². The lowest BCUT2D eigenvalue weighted by Gasteiger charge is -2.37. The Balaban J connectivity index is 1.98. The molecule has 0 aromatic rings. The summed E-state index contributed by atoms with van der Waals surface area (Å²) in [6.45, 7) is 14.2. The molecule has 3 atom stereocenters. The fraction of sp³-hybridized carbons (Fsp3) is 0.824. The smallest absolute Gasteiger partial charge is 0.191 e. The summed E-state index contributed by atoms with van der Waals surface area (Å²) >= 11 is 0. The van der Waals surface area contributed by atoms with Crippen molar-refractivity contribution in [3.05, 3.63) is 11.6 Å². The molecular formula is C17H32N4. The van der Waals surface area contributed by atoms with E-state index in [4.69, 9.17) is 5.73 Å². The molecule has 21 heavy (non-hydrogen) atoms. The molecular weight excluding hydrogens is 260 g/mol. The predicted molar refractivity (Wildman–Crippen MR) is 90.4 cm³/mol. The van der Waals surface area contributed by atoms with Crippen LogP contribution in [0.5, 0.6) is 0 Å². The molecule has 3 unspecified atom stereocenters. The van der Waals surface area contributed by atoms with Gasteiger partial charge in [-0.3, -0.25) is 4.99 Å². The summed E-state index contributed by atoms with van der Waals surface area (Å²) < 4.78 is 0. The first-order valence-electron chi connectivity index (χ1n) is 8.51. The lowest BCUT2D eigenvalue weighted by Crippen LogP contribution is -2.48. The lowest BCUT2D eigenvalue weighted by atomic mass is 9.79. The molecule has 4 nitrogen and oxygen atoms in total. The van der Waals surface area contributed by atoms with Crippen LogP contribution in [0.1, 0.15) is 40.5 Å². The van der Waals surface area contributed by atoms with Crippen molar-refractivity contribution in [2.75, 3.05) is 32.7 Å². The SMILES string of the molecule is CCN(CC)CCN1C(N)=NCC1C1CC(C)=CC(C)C1. The summed E-state index contributed by atoms with van der Waals surface area (Å²) in [6, 6.07) is 0.506. The summed E-state index contributed by atoms with van der Waals surface area (Å²) in [5.74, 6) is 2.15. The van der Waals surface area contributed by atoms with Crippen molar-refractivity contribution in [2.24, 2.45) is 22.6 Å². The van der Waals surface area contributed by atoms with Crippen molar-refractivity contribution >= 4 is 5.96 Å². The van der Waals surface area contributed by atoms with E-state index in [1.54, 1.807) is 0 Å². The molecule has 2 rings (SSSR count). The van der Waals surface area contributed by atoms with E-state index in [2.05, 4.69) is 48.6 Å². The van der Waals surface area contributed by atoms with Gasteiger partial charge in [-0.1, -0.05) is 32.4 Å². The van der Waals surface area contributed by atoms with E-state index in [-0.39, 0.29) is 0 Å². The Morgan fingerprint density at radius 3 is 2.71 bits per heavy atom. The normalized spacial score (nSPS) is 29.8. The maximum atomic E-state index is 6.16.